The molecule has 0 fully saturated rings. The fourth-order valence-corrected chi connectivity index (χ4v) is 2.43. The zero-order valence-corrected chi connectivity index (χ0v) is 10.5. The second kappa shape index (κ2) is 5.69. The second-order valence-corrected chi connectivity index (χ2v) is 4.78. The first-order valence-corrected chi connectivity index (χ1v) is 6.24. The van der Waals surface area contributed by atoms with E-state index in [1.54, 1.807) is 12.1 Å². The number of primary amides is 1. The summed E-state index contributed by atoms with van der Waals surface area (Å²) in [6.45, 7) is 0.325. The van der Waals surface area contributed by atoms with Gasteiger partial charge in [-0.1, -0.05) is 6.07 Å². The van der Waals surface area contributed by atoms with Crippen LogP contribution in [-0.4, -0.2) is 17.6 Å². The van der Waals surface area contributed by atoms with Crippen LogP contribution < -0.4 is 5.73 Å². The molecular weight excluding hydrogens is 248 g/mol. The van der Waals surface area contributed by atoms with Gasteiger partial charge in [-0.2, -0.15) is 0 Å². The van der Waals surface area contributed by atoms with Crippen molar-refractivity contribution < 1.29 is 14.5 Å². The predicted molar refractivity (Wildman–Crippen MR) is 68.8 cm³/mol. The molecule has 0 aliphatic heterocycles. The molecule has 6 heteroatoms. The fourth-order valence-electron chi connectivity index (χ4n) is 2.43. The molecule has 102 valence electrons. The van der Waals surface area contributed by atoms with Crippen molar-refractivity contribution in [2.45, 2.75) is 25.7 Å². The maximum absolute atomic E-state index is 10.7. The van der Waals surface area contributed by atoms with Crippen LogP contribution in [0.4, 0.5) is 10.5 Å². The number of hydrogen-bond donors (Lipinski definition) is 1. The van der Waals surface area contributed by atoms with Crippen molar-refractivity contribution in [3.63, 3.8) is 0 Å². The first-order valence-electron chi connectivity index (χ1n) is 6.24. The average Bonchev–Trinajstić information content (AvgIpc) is 2.57. The Labute approximate surface area is 110 Å². The summed E-state index contributed by atoms with van der Waals surface area (Å²) >= 11 is 0. The molecule has 0 bridgehead atoms. The molecule has 0 saturated carbocycles. The summed E-state index contributed by atoms with van der Waals surface area (Å²) in [6.07, 6.45) is 2.61. The number of fused-ring (bicyclic) bond motifs is 1. The lowest BCUT2D eigenvalue weighted by molar-refractivity contribution is -0.384. The van der Waals surface area contributed by atoms with Crippen LogP contribution in [0.25, 0.3) is 0 Å². The number of carbonyl (C=O) groups is 1. The molecule has 19 heavy (non-hydrogen) atoms. The van der Waals surface area contributed by atoms with Crippen LogP contribution in [-0.2, 0) is 17.6 Å². The number of aryl methyl sites for hydroxylation is 2. The molecule has 0 saturated heterocycles. The normalized spacial score (nSPS) is 18.2. The van der Waals surface area contributed by atoms with Gasteiger partial charge in [0.25, 0.3) is 5.69 Å². The Kier molecular flexibility index (Phi) is 3.99. The van der Waals surface area contributed by atoms with E-state index < -0.39 is 6.09 Å². The van der Waals surface area contributed by atoms with E-state index in [1.807, 2.05) is 6.07 Å². The quantitative estimate of drug-likeness (QED) is 0.514. The van der Waals surface area contributed by atoms with Crippen LogP contribution in [0.5, 0.6) is 0 Å². The predicted octanol–water partition coefficient (Wildman–Crippen LogP) is 2.19. The van der Waals surface area contributed by atoms with Gasteiger partial charge in [0.15, 0.2) is 0 Å². The molecule has 1 aliphatic rings. The summed E-state index contributed by atoms with van der Waals surface area (Å²) in [4.78, 5) is 21.0. The molecule has 0 radical (unpaired) electrons. The first-order chi connectivity index (χ1) is 9.06. The van der Waals surface area contributed by atoms with Crippen LogP contribution in [0.3, 0.4) is 0 Å². The van der Waals surface area contributed by atoms with E-state index in [1.165, 1.54) is 0 Å². The standard InChI is InChI=1S/C13H16N2O4/c14-13(16)19-8-9-1-3-10-5-6-12(15(17)18)7-11(10)4-2-9/h5-7,9H,1-4,8H2,(H2,14,16). The topological polar surface area (TPSA) is 95.5 Å². The number of amides is 1. The molecule has 1 unspecified atom stereocenters. The van der Waals surface area contributed by atoms with Gasteiger partial charge in [0.2, 0.25) is 0 Å². The fraction of sp³-hybridized carbons (Fsp3) is 0.462. The molecule has 0 heterocycles. The van der Waals surface area contributed by atoms with Gasteiger partial charge in [-0.15, -0.1) is 0 Å². The van der Waals surface area contributed by atoms with E-state index >= 15 is 0 Å². The molecule has 1 aromatic carbocycles. The van der Waals surface area contributed by atoms with Crippen molar-refractivity contribution in [1.82, 2.24) is 0 Å². The van der Waals surface area contributed by atoms with Gasteiger partial charge in [0.1, 0.15) is 0 Å². The Hall–Kier alpha value is -2.11. The summed E-state index contributed by atoms with van der Waals surface area (Å²) in [5.74, 6) is 0.263. The van der Waals surface area contributed by atoms with Crippen LogP contribution in [0, 0.1) is 16.0 Å². The Bertz CT molecular complexity index is 501. The third-order valence-corrected chi connectivity index (χ3v) is 3.51. The summed E-state index contributed by atoms with van der Waals surface area (Å²) in [5.41, 5.74) is 7.25. The zero-order chi connectivity index (χ0) is 13.8. The van der Waals surface area contributed by atoms with Crippen molar-refractivity contribution in [2.24, 2.45) is 11.7 Å². The number of nitrogens with two attached hydrogens (primary N) is 1. The van der Waals surface area contributed by atoms with Crippen LogP contribution >= 0.6 is 0 Å². The van der Waals surface area contributed by atoms with Gasteiger partial charge in [-0.05, 0) is 42.7 Å². The first kappa shape index (κ1) is 13.3. The summed E-state index contributed by atoms with van der Waals surface area (Å²) in [6, 6.07) is 5.01. The summed E-state index contributed by atoms with van der Waals surface area (Å²) in [7, 11) is 0. The van der Waals surface area contributed by atoms with Gasteiger partial charge in [0, 0.05) is 12.1 Å². The van der Waals surface area contributed by atoms with Gasteiger partial charge >= 0.3 is 6.09 Å². The highest BCUT2D eigenvalue weighted by Gasteiger charge is 2.19. The van der Waals surface area contributed by atoms with Gasteiger partial charge in [0.05, 0.1) is 11.5 Å². The average molecular weight is 264 g/mol. The molecule has 0 spiro atoms. The van der Waals surface area contributed by atoms with Crippen LogP contribution in [0.2, 0.25) is 0 Å². The number of ether oxygens (including phenoxy) is 1. The van der Waals surface area contributed by atoms with Crippen LogP contribution in [0.15, 0.2) is 18.2 Å². The van der Waals surface area contributed by atoms with Gasteiger partial charge in [-0.25, -0.2) is 4.79 Å². The lowest BCUT2D eigenvalue weighted by atomic mass is 10.0. The Morgan fingerprint density at radius 3 is 2.68 bits per heavy atom. The van der Waals surface area contributed by atoms with Crippen molar-refractivity contribution in [2.75, 3.05) is 6.61 Å². The molecule has 1 aromatic rings. The molecule has 1 atom stereocenters. The number of nitro benzene ring substituents is 1. The monoisotopic (exact) mass is 264 g/mol. The molecule has 1 amide bonds. The number of non-ortho nitro benzene ring substituents is 1. The SMILES string of the molecule is NC(=O)OCC1CCc2ccc([N+](=O)[O-])cc2CC1. The van der Waals surface area contributed by atoms with E-state index in [0.29, 0.717) is 6.61 Å². The molecule has 2 rings (SSSR count). The van der Waals surface area contributed by atoms with E-state index in [4.69, 9.17) is 10.5 Å². The van der Waals surface area contributed by atoms with E-state index in [-0.39, 0.29) is 16.5 Å². The summed E-state index contributed by atoms with van der Waals surface area (Å²) in [5, 5.41) is 10.7. The second-order valence-electron chi connectivity index (χ2n) is 4.78. The number of carbonyl (C=O) groups excluding carboxylic acids is 1. The minimum atomic E-state index is -0.752. The van der Waals surface area contributed by atoms with E-state index in [9.17, 15) is 14.9 Å². The molecule has 0 aromatic heterocycles. The maximum atomic E-state index is 10.7. The lowest BCUT2D eigenvalue weighted by Gasteiger charge is -2.12. The minimum absolute atomic E-state index is 0.130. The highest BCUT2D eigenvalue weighted by molar-refractivity contribution is 5.64. The number of nitro groups is 1. The van der Waals surface area contributed by atoms with Crippen LogP contribution in [0.1, 0.15) is 24.0 Å². The van der Waals surface area contributed by atoms with E-state index in [0.717, 1.165) is 36.8 Å². The number of rotatable bonds is 3. The molecule has 6 nitrogen and oxygen atoms in total. The summed E-state index contributed by atoms with van der Waals surface area (Å²) < 4.78 is 4.83. The Morgan fingerprint density at radius 2 is 2.05 bits per heavy atom. The smallest absolute Gasteiger partial charge is 0.404 e. The number of nitrogens with zero attached hydrogens (tertiary/aromatic N) is 1. The highest BCUT2D eigenvalue weighted by atomic mass is 16.6. The number of benzene rings is 1. The largest absolute Gasteiger partial charge is 0.449 e. The molecule has 2 N–H and O–H groups in total. The maximum Gasteiger partial charge on any atom is 0.404 e. The van der Waals surface area contributed by atoms with Gasteiger partial charge < -0.3 is 10.5 Å². The molecule has 1 aliphatic carbocycles. The Balaban J connectivity index is 2.05. The third-order valence-electron chi connectivity index (χ3n) is 3.51. The van der Waals surface area contributed by atoms with Gasteiger partial charge in [-0.3, -0.25) is 10.1 Å². The highest BCUT2D eigenvalue weighted by Crippen LogP contribution is 2.27. The van der Waals surface area contributed by atoms with Crippen molar-refractivity contribution >= 4 is 11.8 Å². The zero-order valence-electron chi connectivity index (χ0n) is 10.5. The van der Waals surface area contributed by atoms with Crippen molar-refractivity contribution in [3.05, 3.63) is 39.4 Å². The van der Waals surface area contributed by atoms with Crippen molar-refractivity contribution in [1.29, 1.82) is 0 Å². The van der Waals surface area contributed by atoms with Crippen molar-refractivity contribution in [3.8, 4) is 0 Å². The minimum Gasteiger partial charge on any atom is -0.449 e. The number of hydrogen-bond acceptors (Lipinski definition) is 4. The Morgan fingerprint density at radius 1 is 1.37 bits per heavy atom. The third kappa shape index (κ3) is 3.43. The lowest BCUT2D eigenvalue weighted by Crippen LogP contribution is -2.19. The van der Waals surface area contributed by atoms with E-state index in [2.05, 4.69) is 0 Å². The molecular formula is C13H16N2O4.